The molecule has 1 saturated heterocycles. The van der Waals surface area contributed by atoms with Crippen molar-refractivity contribution >= 4 is 11.7 Å². The van der Waals surface area contributed by atoms with Crippen LogP contribution in [0.1, 0.15) is 30.9 Å². The van der Waals surface area contributed by atoms with Gasteiger partial charge in [-0.1, -0.05) is 49.4 Å². The smallest absolute Gasteiger partial charge is 0.234 e. The van der Waals surface area contributed by atoms with Crippen LogP contribution < -0.4 is 10.1 Å². The standard InChI is InChI=1S/C31H35FN2O4/c1-23-15-17-34(18-16-23)20-31(36)33-29(22-37-21-25-5-3-2-4-6-25)30(35)19-24-7-11-27(12-8-24)38-28-13-9-26(32)10-14-28/h2-14,23,29H,15-22H2,1H3,(H,33,36)/t29-/m0/s1. The number of piperidine rings is 1. The molecule has 7 heteroatoms. The van der Waals surface area contributed by atoms with E-state index in [2.05, 4.69) is 17.1 Å². The Kier molecular flexibility index (Phi) is 10.0. The average Bonchev–Trinajstić information content (AvgIpc) is 2.92. The van der Waals surface area contributed by atoms with Crippen molar-refractivity contribution in [3.8, 4) is 11.5 Å². The molecule has 1 aliphatic heterocycles. The Morgan fingerprint density at radius 1 is 0.921 bits per heavy atom. The highest BCUT2D eigenvalue weighted by Crippen LogP contribution is 2.22. The number of carbonyl (C=O) groups is 2. The van der Waals surface area contributed by atoms with Crippen molar-refractivity contribution in [2.24, 2.45) is 5.92 Å². The summed E-state index contributed by atoms with van der Waals surface area (Å²) in [5, 5.41) is 2.92. The number of rotatable bonds is 12. The molecule has 1 fully saturated rings. The number of hydrogen-bond acceptors (Lipinski definition) is 5. The summed E-state index contributed by atoms with van der Waals surface area (Å²) in [5.74, 6) is 1.18. The number of amides is 1. The molecule has 0 radical (unpaired) electrons. The highest BCUT2D eigenvalue weighted by atomic mass is 19.1. The second-order valence-electron chi connectivity index (χ2n) is 9.92. The van der Waals surface area contributed by atoms with Crippen LogP contribution >= 0.6 is 0 Å². The van der Waals surface area contributed by atoms with Crippen molar-refractivity contribution < 1.29 is 23.5 Å². The highest BCUT2D eigenvalue weighted by Gasteiger charge is 2.24. The lowest BCUT2D eigenvalue weighted by Gasteiger charge is -2.30. The summed E-state index contributed by atoms with van der Waals surface area (Å²) in [4.78, 5) is 28.2. The van der Waals surface area contributed by atoms with Crippen molar-refractivity contribution in [3.63, 3.8) is 0 Å². The van der Waals surface area contributed by atoms with E-state index < -0.39 is 6.04 Å². The lowest BCUT2D eigenvalue weighted by molar-refractivity contribution is -0.130. The first-order valence-corrected chi connectivity index (χ1v) is 13.1. The number of carbonyl (C=O) groups excluding carboxylic acids is 2. The first-order valence-electron chi connectivity index (χ1n) is 13.1. The predicted octanol–water partition coefficient (Wildman–Crippen LogP) is 5.16. The fourth-order valence-corrected chi connectivity index (χ4v) is 4.39. The lowest BCUT2D eigenvalue weighted by atomic mass is 9.99. The van der Waals surface area contributed by atoms with Gasteiger partial charge in [0.05, 0.1) is 19.8 Å². The van der Waals surface area contributed by atoms with Gasteiger partial charge in [0.1, 0.15) is 23.4 Å². The Balaban J connectivity index is 1.34. The second kappa shape index (κ2) is 13.8. The summed E-state index contributed by atoms with van der Waals surface area (Å²) in [6.07, 6.45) is 2.31. The minimum absolute atomic E-state index is 0.0995. The quantitative estimate of drug-likeness (QED) is 0.359. The van der Waals surface area contributed by atoms with Crippen LogP contribution in [0.4, 0.5) is 4.39 Å². The SMILES string of the molecule is CC1CCN(CC(=O)N[C@@H](COCc2ccccc2)C(=O)Cc2ccc(Oc3ccc(F)cc3)cc2)CC1. The van der Waals surface area contributed by atoms with Crippen molar-refractivity contribution in [2.75, 3.05) is 26.2 Å². The number of nitrogens with zero attached hydrogens (tertiary/aromatic N) is 1. The van der Waals surface area contributed by atoms with E-state index in [1.165, 1.54) is 12.1 Å². The van der Waals surface area contributed by atoms with Gasteiger partial charge in [-0.2, -0.15) is 0 Å². The largest absolute Gasteiger partial charge is 0.457 e. The number of Topliss-reactive ketones (excluding diaryl/α,β-unsaturated/α-hetero) is 1. The van der Waals surface area contributed by atoms with Crippen LogP contribution in [0.15, 0.2) is 78.9 Å². The van der Waals surface area contributed by atoms with E-state index in [0.717, 1.165) is 37.1 Å². The average molecular weight is 519 g/mol. The molecule has 1 aliphatic rings. The summed E-state index contributed by atoms with van der Waals surface area (Å²) >= 11 is 0. The van der Waals surface area contributed by atoms with Gasteiger partial charge < -0.3 is 14.8 Å². The van der Waals surface area contributed by atoms with E-state index in [-0.39, 0.29) is 37.1 Å². The van der Waals surface area contributed by atoms with Gasteiger partial charge in [-0.3, -0.25) is 14.5 Å². The fraction of sp³-hybridized carbons (Fsp3) is 0.355. The molecule has 0 unspecified atom stereocenters. The molecule has 38 heavy (non-hydrogen) atoms. The number of ether oxygens (including phenoxy) is 2. The minimum atomic E-state index is -0.745. The Bertz CT molecular complexity index is 1160. The van der Waals surface area contributed by atoms with Crippen LogP contribution in [-0.4, -0.2) is 48.9 Å². The molecule has 3 aromatic carbocycles. The van der Waals surface area contributed by atoms with Crippen LogP contribution in [0.3, 0.4) is 0 Å². The maximum absolute atomic E-state index is 13.3. The van der Waals surface area contributed by atoms with Crippen molar-refractivity contribution in [1.82, 2.24) is 10.2 Å². The molecule has 6 nitrogen and oxygen atoms in total. The first kappa shape index (κ1) is 27.5. The molecule has 1 atom stereocenters. The maximum Gasteiger partial charge on any atom is 0.234 e. The topological polar surface area (TPSA) is 67.9 Å². The Labute approximate surface area is 223 Å². The third-order valence-electron chi connectivity index (χ3n) is 6.71. The Morgan fingerprint density at radius 3 is 2.21 bits per heavy atom. The van der Waals surface area contributed by atoms with Gasteiger partial charge in [0.15, 0.2) is 5.78 Å². The summed E-state index contributed by atoms with van der Waals surface area (Å²) in [6.45, 7) is 4.76. The molecule has 4 rings (SSSR count). The molecule has 0 saturated carbocycles. The van der Waals surface area contributed by atoms with Gasteiger partial charge in [-0.05, 0) is 79.4 Å². The Hall–Kier alpha value is -3.55. The van der Waals surface area contributed by atoms with Gasteiger partial charge in [0, 0.05) is 6.42 Å². The summed E-state index contributed by atoms with van der Waals surface area (Å²) in [6, 6.07) is 21.9. The normalized spacial score (nSPS) is 15.1. The number of hydrogen-bond donors (Lipinski definition) is 1. The highest BCUT2D eigenvalue weighted by molar-refractivity contribution is 5.91. The van der Waals surface area contributed by atoms with Gasteiger partial charge in [-0.15, -0.1) is 0 Å². The van der Waals surface area contributed by atoms with E-state index >= 15 is 0 Å². The van der Waals surface area contributed by atoms with Gasteiger partial charge >= 0.3 is 0 Å². The maximum atomic E-state index is 13.3. The van der Waals surface area contributed by atoms with Gasteiger partial charge in [-0.25, -0.2) is 4.39 Å². The first-order chi connectivity index (χ1) is 18.4. The van der Waals surface area contributed by atoms with E-state index in [0.29, 0.717) is 24.0 Å². The van der Waals surface area contributed by atoms with Crippen molar-refractivity contribution in [2.45, 2.75) is 38.8 Å². The van der Waals surface area contributed by atoms with Crippen LogP contribution in [0.2, 0.25) is 0 Å². The Morgan fingerprint density at radius 2 is 1.55 bits per heavy atom. The number of nitrogens with one attached hydrogen (secondary N) is 1. The third-order valence-corrected chi connectivity index (χ3v) is 6.71. The third kappa shape index (κ3) is 8.78. The van der Waals surface area contributed by atoms with E-state index in [9.17, 15) is 14.0 Å². The van der Waals surface area contributed by atoms with E-state index in [4.69, 9.17) is 9.47 Å². The number of benzene rings is 3. The minimum Gasteiger partial charge on any atom is -0.457 e. The number of likely N-dealkylation sites (tertiary alicyclic amines) is 1. The zero-order valence-corrected chi connectivity index (χ0v) is 21.8. The number of halogens is 1. The van der Waals surface area contributed by atoms with Crippen molar-refractivity contribution in [1.29, 1.82) is 0 Å². The van der Waals surface area contributed by atoms with Crippen LogP contribution in [0, 0.1) is 11.7 Å². The fourth-order valence-electron chi connectivity index (χ4n) is 4.39. The lowest BCUT2D eigenvalue weighted by Crippen LogP contribution is -2.49. The molecule has 0 spiro atoms. The summed E-state index contributed by atoms with van der Waals surface area (Å²) in [7, 11) is 0. The zero-order chi connectivity index (χ0) is 26.7. The molecule has 200 valence electrons. The summed E-state index contributed by atoms with van der Waals surface area (Å²) in [5.41, 5.74) is 1.80. The van der Waals surface area contributed by atoms with Gasteiger partial charge in [0.25, 0.3) is 0 Å². The monoisotopic (exact) mass is 518 g/mol. The second-order valence-corrected chi connectivity index (χ2v) is 9.92. The molecule has 1 amide bonds. The van der Waals surface area contributed by atoms with Crippen LogP contribution in [0.5, 0.6) is 11.5 Å². The molecular weight excluding hydrogens is 483 g/mol. The summed E-state index contributed by atoms with van der Waals surface area (Å²) < 4.78 is 24.7. The van der Waals surface area contributed by atoms with Crippen LogP contribution in [0.25, 0.3) is 0 Å². The van der Waals surface area contributed by atoms with E-state index in [1.807, 2.05) is 42.5 Å². The molecule has 1 N–H and O–H groups in total. The molecular formula is C31H35FN2O4. The predicted molar refractivity (Wildman–Crippen MR) is 144 cm³/mol. The van der Waals surface area contributed by atoms with E-state index in [1.54, 1.807) is 24.3 Å². The van der Waals surface area contributed by atoms with Crippen LogP contribution in [-0.2, 0) is 27.4 Å². The van der Waals surface area contributed by atoms with Crippen molar-refractivity contribution in [3.05, 3.63) is 95.8 Å². The number of ketones is 1. The molecule has 0 aromatic heterocycles. The van der Waals surface area contributed by atoms with Gasteiger partial charge in [0.2, 0.25) is 5.91 Å². The molecule has 0 bridgehead atoms. The molecule has 1 heterocycles. The zero-order valence-electron chi connectivity index (χ0n) is 21.8. The molecule has 0 aliphatic carbocycles. The molecule has 3 aromatic rings.